The Morgan fingerprint density at radius 2 is 1.86 bits per heavy atom. The van der Waals surface area contributed by atoms with Crippen LogP contribution in [0.5, 0.6) is 0 Å². The fraction of sp³-hybridized carbons (Fsp3) is 0.375. The second kappa shape index (κ2) is 10.5. The third-order valence-electron chi connectivity index (χ3n) is 6.01. The van der Waals surface area contributed by atoms with E-state index in [4.69, 9.17) is 13.9 Å². The lowest BCUT2D eigenvalue weighted by Gasteiger charge is -2.23. The van der Waals surface area contributed by atoms with Crippen molar-refractivity contribution in [3.05, 3.63) is 70.9 Å². The Morgan fingerprint density at radius 1 is 1.11 bits per heavy atom. The van der Waals surface area contributed by atoms with Crippen LogP contribution in [0.1, 0.15) is 50.3 Å². The summed E-state index contributed by atoms with van der Waals surface area (Å²) in [5, 5.41) is 10.8. The minimum atomic E-state index is -0.793. The lowest BCUT2D eigenvalue weighted by molar-refractivity contribution is -0.125. The second-order valence-corrected chi connectivity index (χ2v) is 8.33. The van der Waals surface area contributed by atoms with Crippen LogP contribution in [0.3, 0.4) is 0 Å². The molecule has 1 aliphatic rings. The zero-order valence-corrected chi connectivity index (χ0v) is 19.8. The summed E-state index contributed by atoms with van der Waals surface area (Å²) in [5.74, 6) is -1.08. The molecular weight excluding hydrogens is 454 g/mol. The Balaban J connectivity index is 1.61. The molecule has 11 nitrogen and oxygen atoms in total. The molecule has 0 bridgehead atoms. The first-order chi connectivity index (χ1) is 16.9. The summed E-state index contributed by atoms with van der Waals surface area (Å²) in [5.41, 5.74) is 1.86. The number of aromatic nitrogens is 3. The molecule has 1 fully saturated rings. The van der Waals surface area contributed by atoms with Gasteiger partial charge < -0.3 is 19.2 Å². The number of hydrogen-bond donors (Lipinski definition) is 1. The van der Waals surface area contributed by atoms with Gasteiger partial charge in [-0.05, 0) is 31.0 Å². The highest BCUT2D eigenvalue weighted by Crippen LogP contribution is 2.30. The predicted molar refractivity (Wildman–Crippen MR) is 122 cm³/mol. The third-order valence-corrected chi connectivity index (χ3v) is 6.01. The summed E-state index contributed by atoms with van der Waals surface area (Å²) in [7, 11) is 2.41. The highest BCUT2D eigenvalue weighted by atomic mass is 16.5. The van der Waals surface area contributed by atoms with Gasteiger partial charge in [0, 0.05) is 13.1 Å². The Labute approximate surface area is 202 Å². The number of benzene rings is 1. The average molecular weight is 482 g/mol. The monoisotopic (exact) mass is 481 g/mol. The van der Waals surface area contributed by atoms with Crippen LogP contribution in [0.15, 0.2) is 47.1 Å². The number of rotatable bonds is 8. The molecule has 1 N–H and O–H groups in total. The van der Waals surface area contributed by atoms with E-state index in [0.717, 1.165) is 11.1 Å². The number of carbonyl (C=O) groups excluding carboxylic acids is 3. The fourth-order valence-electron chi connectivity index (χ4n) is 4.21. The van der Waals surface area contributed by atoms with Crippen molar-refractivity contribution in [2.75, 3.05) is 20.8 Å². The zero-order chi connectivity index (χ0) is 24.9. The van der Waals surface area contributed by atoms with E-state index < -0.39 is 24.0 Å². The normalized spacial score (nSPS) is 17.8. The molecule has 0 radical (unpaired) electrons. The summed E-state index contributed by atoms with van der Waals surface area (Å²) in [6, 6.07) is 10.7. The molecule has 1 saturated heterocycles. The van der Waals surface area contributed by atoms with Gasteiger partial charge in [-0.15, -0.1) is 5.10 Å². The Bertz CT molecular complexity index is 1190. The molecule has 11 heteroatoms. The Kier molecular flexibility index (Phi) is 7.25. The van der Waals surface area contributed by atoms with Gasteiger partial charge >= 0.3 is 11.9 Å². The van der Waals surface area contributed by atoms with Gasteiger partial charge in [0.25, 0.3) is 0 Å². The van der Waals surface area contributed by atoms with Crippen molar-refractivity contribution in [3.63, 3.8) is 0 Å². The van der Waals surface area contributed by atoms with Crippen LogP contribution in [-0.2, 0) is 27.4 Å². The lowest BCUT2D eigenvalue weighted by atomic mass is 10.1. The third kappa shape index (κ3) is 5.24. The van der Waals surface area contributed by atoms with Crippen LogP contribution in [0.25, 0.3) is 0 Å². The SMILES string of the molecule is COC(=O)c1nnn([C@H]2C[C@@H](C(=O)NCc3ccco3)N(Cc3ccc(C)cc3)C2)c1C(=O)OC. The molecule has 35 heavy (non-hydrogen) atoms. The van der Waals surface area contributed by atoms with Crippen LogP contribution in [-0.4, -0.2) is 64.5 Å². The van der Waals surface area contributed by atoms with Gasteiger partial charge in [0.1, 0.15) is 5.76 Å². The minimum Gasteiger partial charge on any atom is -0.467 e. The molecule has 1 aliphatic heterocycles. The van der Waals surface area contributed by atoms with Crippen molar-refractivity contribution in [1.29, 1.82) is 0 Å². The number of nitrogens with one attached hydrogen (secondary N) is 1. The lowest BCUT2D eigenvalue weighted by Crippen LogP contribution is -2.42. The predicted octanol–water partition coefficient (Wildman–Crippen LogP) is 1.88. The summed E-state index contributed by atoms with van der Waals surface area (Å²) in [4.78, 5) is 39.9. The number of likely N-dealkylation sites (tertiary alicyclic amines) is 1. The van der Waals surface area contributed by atoms with Crippen LogP contribution < -0.4 is 5.32 Å². The smallest absolute Gasteiger partial charge is 0.361 e. The molecule has 0 saturated carbocycles. The van der Waals surface area contributed by atoms with Gasteiger partial charge in [0.15, 0.2) is 5.69 Å². The van der Waals surface area contributed by atoms with Gasteiger partial charge in [0.05, 0.1) is 39.1 Å². The van der Waals surface area contributed by atoms with Gasteiger partial charge in [0.2, 0.25) is 11.6 Å². The summed E-state index contributed by atoms with van der Waals surface area (Å²) in [6.07, 6.45) is 1.90. The summed E-state index contributed by atoms with van der Waals surface area (Å²) < 4.78 is 16.3. The summed E-state index contributed by atoms with van der Waals surface area (Å²) in [6.45, 7) is 3.19. The number of amides is 1. The van der Waals surface area contributed by atoms with Crippen molar-refractivity contribution < 1.29 is 28.3 Å². The van der Waals surface area contributed by atoms with Gasteiger partial charge in [-0.2, -0.15) is 0 Å². The van der Waals surface area contributed by atoms with Gasteiger partial charge in [-0.25, -0.2) is 14.3 Å². The maximum absolute atomic E-state index is 13.2. The molecule has 1 amide bonds. The van der Waals surface area contributed by atoms with E-state index in [9.17, 15) is 14.4 Å². The quantitative estimate of drug-likeness (QED) is 0.480. The maximum atomic E-state index is 13.2. The first kappa shape index (κ1) is 24.1. The molecule has 0 unspecified atom stereocenters. The number of ether oxygens (including phenoxy) is 2. The second-order valence-electron chi connectivity index (χ2n) is 8.33. The van der Waals surface area contributed by atoms with Crippen LogP contribution >= 0.6 is 0 Å². The molecule has 4 rings (SSSR count). The number of esters is 2. The number of carbonyl (C=O) groups is 3. The number of furan rings is 1. The van der Waals surface area contributed by atoms with Gasteiger partial charge in [-0.1, -0.05) is 35.0 Å². The van der Waals surface area contributed by atoms with Crippen molar-refractivity contribution in [2.24, 2.45) is 0 Å². The molecule has 0 aliphatic carbocycles. The summed E-state index contributed by atoms with van der Waals surface area (Å²) >= 11 is 0. The van der Waals surface area contributed by atoms with E-state index in [1.165, 1.54) is 18.9 Å². The number of methoxy groups -OCH3 is 2. The molecule has 2 aromatic heterocycles. The minimum absolute atomic E-state index is 0.101. The van der Waals surface area contributed by atoms with E-state index in [1.807, 2.05) is 36.1 Å². The molecule has 3 aromatic rings. The molecule has 3 heterocycles. The van der Waals surface area contributed by atoms with E-state index in [1.54, 1.807) is 18.4 Å². The van der Waals surface area contributed by atoms with E-state index >= 15 is 0 Å². The fourth-order valence-corrected chi connectivity index (χ4v) is 4.21. The van der Waals surface area contributed by atoms with E-state index in [-0.39, 0.29) is 23.8 Å². The first-order valence-corrected chi connectivity index (χ1v) is 11.1. The highest BCUT2D eigenvalue weighted by Gasteiger charge is 2.41. The maximum Gasteiger partial charge on any atom is 0.361 e. The van der Waals surface area contributed by atoms with Crippen LogP contribution in [0.2, 0.25) is 0 Å². The van der Waals surface area contributed by atoms with E-state index in [0.29, 0.717) is 25.3 Å². The van der Waals surface area contributed by atoms with E-state index in [2.05, 4.69) is 15.6 Å². The molecule has 0 spiro atoms. The van der Waals surface area contributed by atoms with Crippen molar-refractivity contribution in [1.82, 2.24) is 25.2 Å². The van der Waals surface area contributed by atoms with Crippen molar-refractivity contribution in [2.45, 2.75) is 38.5 Å². The molecule has 2 atom stereocenters. The standard InChI is InChI=1S/C24H27N5O6/c1-15-6-8-16(9-7-15)13-28-14-17(11-19(28)22(30)25-12-18-5-4-10-35-18)29-21(24(32)34-3)20(26-27-29)23(31)33-2/h4-10,17,19H,11-14H2,1-3H3,(H,25,30)/t17-,19-/m0/s1. The topological polar surface area (TPSA) is 129 Å². The molecule has 184 valence electrons. The van der Waals surface area contributed by atoms with Crippen molar-refractivity contribution >= 4 is 17.8 Å². The Hall–Kier alpha value is -3.99. The number of hydrogen-bond acceptors (Lipinski definition) is 9. The largest absolute Gasteiger partial charge is 0.467 e. The molecular formula is C24H27N5O6. The Morgan fingerprint density at radius 3 is 2.51 bits per heavy atom. The highest BCUT2D eigenvalue weighted by molar-refractivity contribution is 6.00. The molecule has 1 aromatic carbocycles. The average Bonchev–Trinajstić information content (AvgIpc) is 3.62. The number of nitrogens with zero attached hydrogens (tertiary/aromatic N) is 4. The van der Waals surface area contributed by atoms with Crippen LogP contribution in [0, 0.1) is 6.92 Å². The van der Waals surface area contributed by atoms with Gasteiger partial charge in [-0.3, -0.25) is 9.69 Å². The van der Waals surface area contributed by atoms with Crippen molar-refractivity contribution in [3.8, 4) is 0 Å². The zero-order valence-electron chi connectivity index (χ0n) is 19.8. The first-order valence-electron chi connectivity index (χ1n) is 11.1. The van der Waals surface area contributed by atoms with Crippen LogP contribution in [0.4, 0.5) is 0 Å². The number of aryl methyl sites for hydroxylation is 1.